The number of benzene rings is 1. The van der Waals surface area contributed by atoms with Crippen LogP contribution in [0.1, 0.15) is 48.5 Å². The molecule has 5 heteroatoms. The zero-order valence-corrected chi connectivity index (χ0v) is 13.3. The minimum absolute atomic E-state index is 0.393. The Hall–Kier alpha value is -1.88. The predicted octanol–water partition coefficient (Wildman–Crippen LogP) is 3.04. The number of nitrogens with zero attached hydrogens (tertiary/aromatic N) is 2. The molecule has 0 saturated heterocycles. The summed E-state index contributed by atoms with van der Waals surface area (Å²) in [6.07, 6.45) is 4.73. The fourth-order valence-corrected chi connectivity index (χ4v) is 3.06. The van der Waals surface area contributed by atoms with Crippen molar-refractivity contribution in [3.63, 3.8) is 0 Å². The van der Waals surface area contributed by atoms with Crippen molar-refractivity contribution in [2.45, 2.75) is 51.5 Å². The summed E-state index contributed by atoms with van der Waals surface area (Å²) in [6.45, 7) is 4.64. The lowest BCUT2D eigenvalue weighted by Crippen LogP contribution is -2.34. The number of aryl methyl sites for hydroxylation is 2. The Kier molecular flexibility index (Phi) is 4.16. The Balaban J connectivity index is 1.57. The van der Waals surface area contributed by atoms with Crippen LogP contribution >= 0.6 is 0 Å². The van der Waals surface area contributed by atoms with E-state index in [0.717, 1.165) is 31.4 Å². The number of hydrogen-bond donors (Lipinski definition) is 1. The summed E-state index contributed by atoms with van der Waals surface area (Å²) in [6, 6.07) is 6.18. The number of ether oxygens (including phenoxy) is 1. The monoisotopic (exact) mass is 301 g/mol. The molecule has 0 atom stereocenters. The number of aromatic nitrogens is 2. The SMILES string of the molecule is Cc1cc(C)cc(OCCc2nc(C3(N)CCCC3)no2)c1. The average molecular weight is 301 g/mol. The number of rotatable bonds is 5. The van der Waals surface area contributed by atoms with Gasteiger partial charge in [-0.2, -0.15) is 4.98 Å². The topological polar surface area (TPSA) is 74.2 Å². The lowest BCUT2D eigenvalue weighted by molar-refractivity contribution is 0.289. The molecule has 1 heterocycles. The molecular weight excluding hydrogens is 278 g/mol. The van der Waals surface area contributed by atoms with E-state index in [1.54, 1.807) is 0 Å². The molecular formula is C17H23N3O2. The van der Waals surface area contributed by atoms with Gasteiger partial charge in [-0.3, -0.25) is 0 Å². The van der Waals surface area contributed by atoms with Crippen molar-refractivity contribution in [1.29, 1.82) is 0 Å². The van der Waals surface area contributed by atoms with Crippen molar-refractivity contribution in [3.05, 3.63) is 41.0 Å². The van der Waals surface area contributed by atoms with Crippen LogP contribution in [-0.4, -0.2) is 16.7 Å². The van der Waals surface area contributed by atoms with Gasteiger partial charge in [0.2, 0.25) is 5.89 Å². The lowest BCUT2D eigenvalue weighted by atomic mass is 9.99. The molecule has 0 unspecified atom stereocenters. The first-order valence-corrected chi connectivity index (χ1v) is 7.88. The molecule has 1 aromatic heterocycles. The van der Waals surface area contributed by atoms with Crippen LogP contribution in [0.3, 0.4) is 0 Å². The quantitative estimate of drug-likeness (QED) is 0.918. The van der Waals surface area contributed by atoms with Gasteiger partial charge in [0.05, 0.1) is 18.6 Å². The van der Waals surface area contributed by atoms with Crippen LogP contribution in [0, 0.1) is 13.8 Å². The van der Waals surface area contributed by atoms with Gasteiger partial charge in [-0.25, -0.2) is 0 Å². The molecule has 0 spiro atoms. The van der Waals surface area contributed by atoms with Crippen LogP contribution in [0.25, 0.3) is 0 Å². The minimum atomic E-state index is -0.393. The summed E-state index contributed by atoms with van der Waals surface area (Å²) in [7, 11) is 0. The highest BCUT2D eigenvalue weighted by Crippen LogP contribution is 2.34. The van der Waals surface area contributed by atoms with Crippen molar-refractivity contribution in [1.82, 2.24) is 10.1 Å². The van der Waals surface area contributed by atoms with Gasteiger partial charge in [-0.15, -0.1) is 0 Å². The molecule has 2 N–H and O–H groups in total. The van der Waals surface area contributed by atoms with Crippen LogP contribution in [0.5, 0.6) is 5.75 Å². The first kappa shape index (κ1) is 15.0. The van der Waals surface area contributed by atoms with Gasteiger partial charge in [0.15, 0.2) is 5.82 Å². The van der Waals surface area contributed by atoms with E-state index >= 15 is 0 Å². The van der Waals surface area contributed by atoms with Crippen LogP contribution in [0.2, 0.25) is 0 Å². The van der Waals surface area contributed by atoms with Crippen LogP contribution in [0.15, 0.2) is 22.7 Å². The fourth-order valence-electron chi connectivity index (χ4n) is 3.06. The van der Waals surface area contributed by atoms with Gasteiger partial charge in [0.25, 0.3) is 0 Å². The van der Waals surface area contributed by atoms with Gasteiger partial charge in [0.1, 0.15) is 5.75 Å². The van der Waals surface area contributed by atoms with Crippen molar-refractivity contribution in [3.8, 4) is 5.75 Å². The summed E-state index contributed by atoms with van der Waals surface area (Å²) in [5.41, 5.74) is 8.33. The molecule has 2 aromatic rings. The summed E-state index contributed by atoms with van der Waals surface area (Å²) in [5, 5.41) is 4.06. The molecule has 5 nitrogen and oxygen atoms in total. The van der Waals surface area contributed by atoms with E-state index in [4.69, 9.17) is 15.0 Å². The van der Waals surface area contributed by atoms with E-state index in [9.17, 15) is 0 Å². The molecule has 1 saturated carbocycles. The van der Waals surface area contributed by atoms with E-state index < -0.39 is 5.54 Å². The van der Waals surface area contributed by atoms with Crippen molar-refractivity contribution in [2.24, 2.45) is 5.73 Å². The number of hydrogen-bond acceptors (Lipinski definition) is 5. The standard InChI is InChI=1S/C17H23N3O2/c1-12-9-13(2)11-14(10-12)21-8-5-15-19-16(20-22-15)17(18)6-3-4-7-17/h9-11H,3-8,18H2,1-2H3. The average Bonchev–Trinajstić information content (AvgIpc) is 3.08. The second-order valence-corrected chi connectivity index (χ2v) is 6.30. The molecule has 118 valence electrons. The van der Waals surface area contributed by atoms with E-state index in [1.807, 2.05) is 12.1 Å². The van der Waals surface area contributed by atoms with Crippen molar-refractivity contribution in [2.75, 3.05) is 6.61 Å². The van der Waals surface area contributed by atoms with Crippen LogP contribution in [0.4, 0.5) is 0 Å². The Morgan fingerprint density at radius 2 is 1.86 bits per heavy atom. The third-order valence-electron chi connectivity index (χ3n) is 4.19. The van der Waals surface area contributed by atoms with E-state index in [2.05, 4.69) is 30.1 Å². The Labute approximate surface area is 130 Å². The molecule has 1 aliphatic rings. The van der Waals surface area contributed by atoms with Gasteiger partial charge < -0.3 is 15.0 Å². The van der Waals surface area contributed by atoms with Crippen molar-refractivity contribution >= 4 is 0 Å². The van der Waals surface area contributed by atoms with E-state index in [1.165, 1.54) is 11.1 Å². The molecule has 3 rings (SSSR count). The Bertz CT molecular complexity index is 625. The van der Waals surface area contributed by atoms with Gasteiger partial charge in [-0.05, 0) is 49.9 Å². The van der Waals surface area contributed by atoms with Crippen LogP contribution in [-0.2, 0) is 12.0 Å². The maximum atomic E-state index is 6.33. The summed E-state index contributed by atoms with van der Waals surface area (Å²) in [5.74, 6) is 2.12. The second kappa shape index (κ2) is 6.08. The molecule has 0 aliphatic heterocycles. The molecule has 1 aromatic carbocycles. The maximum Gasteiger partial charge on any atom is 0.230 e. The highest BCUT2D eigenvalue weighted by Gasteiger charge is 2.35. The summed E-state index contributed by atoms with van der Waals surface area (Å²) >= 11 is 0. The molecule has 0 radical (unpaired) electrons. The van der Waals surface area contributed by atoms with Crippen molar-refractivity contribution < 1.29 is 9.26 Å². The normalized spacial score (nSPS) is 16.9. The zero-order valence-electron chi connectivity index (χ0n) is 13.3. The van der Waals surface area contributed by atoms with Gasteiger partial charge in [0, 0.05) is 0 Å². The fraction of sp³-hybridized carbons (Fsp3) is 0.529. The first-order chi connectivity index (χ1) is 10.5. The van der Waals surface area contributed by atoms with Crippen LogP contribution < -0.4 is 10.5 Å². The molecule has 22 heavy (non-hydrogen) atoms. The molecule has 1 fully saturated rings. The largest absolute Gasteiger partial charge is 0.493 e. The predicted molar refractivity (Wildman–Crippen MR) is 83.7 cm³/mol. The number of nitrogens with two attached hydrogens (primary N) is 1. The first-order valence-electron chi connectivity index (χ1n) is 7.88. The summed E-state index contributed by atoms with van der Waals surface area (Å²) < 4.78 is 11.1. The highest BCUT2D eigenvalue weighted by molar-refractivity contribution is 5.32. The second-order valence-electron chi connectivity index (χ2n) is 6.30. The van der Waals surface area contributed by atoms with E-state index in [0.29, 0.717) is 24.7 Å². The zero-order chi connectivity index (χ0) is 15.6. The lowest BCUT2D eigenvalue weighted by Gasteiger charge is -2.17. The van der Waals surface area contributed by atoms with Gasteiger partial charge in [-0.1, -0.05) is 24.1 Å². The smallest absolute Gasteiger partial charge is 0.230 e. The van der Waals surface area contributed by atoms with Gasteiger partial charge >= 0.3 is 0 Å². The third kappa shape index (κ3) is 3.30. The minimum Gasteiger partial charge on any atom is -0.493 e. The molecule has 0 bridgehead atoms. The third-order valence-corrected chi connectivity index (χ3v) is 4.19. The summed E-state index contributed by atoms with van der Waals surface area (Å²) in [4.78, 5) is 4.45. The Morgan fingerprint density at radius 1 is 1.18 bits per heavy atom. The molecule has 1 aliphatic carbocycles. The van der Waals surface area contributed by atoms with E-state index in [-0.39, 0.29) is 0 Å². The Morgan fingerprint density at radius 3 is 2.55 bits per heavy atom. The molecule has 0 amide bonds. The highest BCUT2D eigenvalue weighted by atomic mass is 16.5. The maximum absolute atomic E-state index is 6.33.